The quantitative estimate of drug-likeness (QED) is 0.591. The summed E-state index contributed by atoms with van der Waals surface area (Å²) in [5.74, 6) is -0.102. The molecule has 1 atom stereocenters. The van der Waals surface area contributed by atoms with Gasteiger partial charge in [-0.1, -0.05) is 60.7 Å². The van der Waals surface area contributed by atoms with E-state index >= 15 is 0 Å². The number of carbonyl (C=O) groups is 2. The molecule has 34 heavy (non-hydrogen) atoms. The molecule has 1 unspecified atom stereocenters. The molecule has 0 spiro atoms. The minimum atomic E-state index is -0.168. The van der Waals surface area contributed by atoms with Crippen molar-refractivity contribution in [2.75, 3.05) is 26.2 Å². The maximum Gasteiger partial charge on any atom is 0.254 e. The average molecular weight is 456 g/mol. The van der Waals surface area contributed by atoms with Crippen LogP contribution in [-0.4, -0.2) is 47.8 Å². The van der Waals surface area contributed by atoms with E-state index in [0.29, 0.717) is 19.6 Å². The normalized spacial score (nSPS) is 18.8. The summed E-state index contributed by atoms with van der Waals surface area (Å²) in [6.07, 6.45) is 4.21. The largest absolute Gasteiger partial charge is 0.352 e. The molecule has 2 aliphatic rings. The van der Waals surface area contributed by atoms with Crippen LogP contribution in [0.3, 0.4) is 0 Å². The second kappa shape index (κ2) is 10.4. The highest BCUT2D eigenvalue weighted by Gasteiger charge is 2.29. The highest BCUT2D eigenvalue weighted by Crippen LogP contribution is 2.24. The predicted octanol–water partition coefficient (Wildman–Crippen LogP) is 4.60. The van der Waals surface area contributed by atoms with E-state index in [9.17, 15) is 9.59 Å². The van der Waals surface area contributed by atoms with Crippen molar-refractivity contribution in [1.82, 2.24) is 15.1 Å². The lowest BCUT2D eigenvalue weighted by Crippen LogP contribution is -2.45. The summed E-state index contributed by atoms with van der Waals surface area (Å²) < 4.78 is 0. The third-order valence-corrected chi connectivity index (χ3v) is 7.26. The first kappa shape index (κ1) is 22.6. The molecule has 0 aliphatic carbocycles. The second-order valence-corrected chi connectivity index (χ2v) is 9.59. The van der Waals surface area contributed by atoms with Gasteiger partial charge < -0.3 is 10.2 Å². The van der Waals surface area contributed by atoms with Crippen LogP contribution >= 0.6 is 0 Å². The Bertz CT molecular complexity index is 1160. The summed E-state index contributed by atoms with van der Waals surface area (Å²) in [5, 5.41) is 5.20. The van der Waals surface area contributed by atoms with Gasteiger partial charge in [0.1, 0.15) is 0 Å². The summed E-state index contributed by atoms with van der Waals surface area (Å²) in [6.45, 7) is 4.97. The molecule has 5 rings (SSSR count). The minimum Gasteiger partial charge on any atom is -0.352 e. The van der Waals surface area contributed by atoms with Gasteiger partial charge in [0.05, 0.1) is 5.92 Å². The van der Waals surface area contributed by atoms with Gasteiger partial charge in [-0.15, -0.1) is 0 Å². The number of nitrogens with one attached hydrogen (secondary N) is 1. The van der Waals surface area contributed by atoms with Crippen LogP contribution in [0.2, 0.25) is 0 Å². The van der Waals surface area contributed by atoms with Gasteiger partial charge in [-0.2, -0.15) is 0 Å². The first-order chi connectivity index (χ1) is 16.7. The number of hydrogen-bond acceptors (Lipinski definition) is 3. The molecule has 2 fully saturated rings. The standard InChI is InChI=1S/C29H33N3O2/c33-28(30-19-23-10-1-2-11-24(23)20-31-16-5-6-17-31)25-13-8-18-32(21-25)29(34)27-15-7-12-22-9-3-4-14-26(22)27/h1-4,7,9-12,14-15,25H,5-6,8,13,16-21H2,(H,30,33). The summed E-state index contributed by atoms with van der Waals surface area (Å²) in [7, 11) is 0. The molecule has 3 aromatic carbocycles. The SMILES string of the molecule is O=C(NCc1ccccc1CN1CCCC1)C1CCCN(C(=O)c2cccc3ccccc23)C1. The van der Waals surface area contributed by atoms with E-state index < -0.39 is 0 Å². The third-order valence-electron chi connectivity index (χ3n) is 7.26. The van der Waals surface area contributed by atoms with Gasteiger partial charge in [-0.3, -0.25) is 14.5 Å². The molecule has 5 nitrogen and oxygen atoms in total. The topological polar surface area (TPSA) is 52.7 Å². The molecule has 0 radical (unpaired) electrons. The van der Waals surface area contributed by atoms with Crippen LogP contribution in [0.1, 0.15) is 47.2 Å². The highest BCUT2D eigenvalue weighted by atomic mass is 16.2. The van der Waals surface area contributed by atoms with E-state index in [1.807, 2.05) is 53.4 Å². The number of nitrogens with zero attached hydrogens (tertiary/aromatic N) is 2. The Labute approximate surface area is 201 Å². The molecule has 0 saturated carbocycles. The van der Waals surface area contributed by atoms with Crippen molar-refractivity contribution in [3.8, 4) is 0 Å². The lowest BCUT2D eigenvalue weighted by atomic mass is 9.95. The second-order valence-electron chi connectivity index (χ2n) is 9.59. The molecule has 3 aromatic rings. The number of hydrogen-bond donors (Lipinski definition) is 1. The number of piperidine rings is 1. The van der Waals surface area contributed by atoms with Crippen molar-refractivity contribution in [3.63, 3.8) is 0 Å². The summed E-state index contributed by atoms with van der Waals surface area (Å²) in [5.41, 5.74) is 3.19. The first-order valence-corrected chi connectivity index (χ1v) is 12.5. The maximum atomic E-state index is 13.4. The number of amides is 2. The molecular formula is C29H33N3O2. The van der Waals surface area contributed by atoms with Crippen molar-refractivity contribution in [3.05, 3.63) is 83.4 Å². The number of benzene rings is 3. The molecule has 2 aliphatic heterocycles. The van der Waals surface area contributed by atoms with Crippen molar-refractivity contribution < 1.29 is 9.59 Å². The van der Waals surface area contributed by atoms with Crippen LogP contribution < -0.4 is 5.32 Å². The van der Waals surface area contributed by atoms with E-state index in [1.165, 1.54) is 24.0 Å². The monoisotopic (exact) mass is 455 g/mol. The van der Waals surface area contributed by atoms with Gasteiger partial charge in [-0.05, 0) is 66.7 Å². The molecule has 5 heteroatoms. The summed E-state index contributed by atoms with van der Waals surface area (Å²) >= 11 is 0. The summed E-state index contributed by atoms with van der Waals surface area (Å²) in [4.78, 5) is 30.8. The number of fused-ring (bicyclic) bond motifs is 1. The lowest BCUT2D eigenvalue weighted by Gasteiger charge is -2.32. The molecule has 2 heterocycles. The molecule has 0 aromatic heterocycles. The van der Waals surface area contributed by atoms with Crippen molar-refractivity contribution in [2.24, 2.45) is 5.92 Å². The van der Waals surface area contributed by atoms with Gasteiger partial charge in [-0.25, -0.2) is 0 Å². The van der Waals surface area contributed by atoms with Crippen molar-refractivity contribution in [2.45, 2.75) is 38.8 Å². The molecule has 2 amide bonds. The fourth-order valence-corrected chi connectivity index (χ4v) is 5.35. The van der Waals surface area contributed by atoms with E-state index in [0.717, 1.165) is 48.8 Å². The zero-order valence-electron chi connectivity index (χ0n) is 19.7. The number of likely N-dealkylation sites (tertiary alicyclic amines) is 2. The Hall–Kier alpha value is -3.18. The molecule has 176 valence electrons. The zero-order chi connectivity index (χ0) is 23.3. The van der Waals surface area contributed by atoms with E-state index in [1.54, 1.807) is 0 Å². The Balaban J connectivity index is 1.22. The van der Waals surface area contributed by atoms with E-state index in [-0.39, 0.29) is 17.7 Å². The number of carbonyl (C=O) groups excluding carboxylic acids is 2. The van der Waals surface area contributed by atoms with E-state index in [4.69, 9.17) is 0 Å². The van der Waals surface area contributed by atoms with Gasteiger partial charge in [0.25, 0.3) is 5.91 Å². The van der Waals surface area contributed by atoms with Gasteiger partial charge >= 0.3 is 0 Å². The zero-order valence-corrected chi connectivity index (χ0v) is 19.7. The lowest BCUT2D eigenvalue weighted by molar-refractivity contribution is -0.126. The van der Waals surface area contributed by atoms with Crippen LogP contribution in [0, 0.1) is 5.92 Å². The Kier molecular flexibility index (Phi) is 6.91. The van der Waals surface area contributed by atoms with Crippen molar-refractivity contribution in [1.29, 1.82) is 0 Å². The Morgan fingerprint density at radius 3 is 2.41 bits per heavy atom. The maximum absolute atomic E-state index is 13.4. The fourth-order valence-electron chi connectivity index (χ4n) is 5.35. The Morgan fingerprint density at radius 2 is 1.56 bits per heavy atom. The molecule has 2 saturated heterocycles. The molecule has 1 N–H and O–H groups in total. The first-order valence-electron chi connectivity index (χ1n) is 12.5. The third kappa shape index (κ3) is 5.00. The van der Waals surface area contributed by atoms with Gasteiger partial charge in [0, 0.05) is 31.7 Å². The highest BCUT2D eigenvalue weighted by molar-refractivity contribution is 6.07. The Morgan fingerprint density at radius 1 is 0.824 bits per heavy atom. The van der Waals surface area contributed by atoms with Crippen LogP contribution in [0.5, 0.6) is 0 Å². The van der Waals surface area contributed by atoms with E-state index in [2.05, 4.69) is 28.4 Å². The average Bonchev–Trinajstić information content (AvgIpc) is 3.40. The van der Waals surface area contributed by atoms with Crippen LogP contribution in [0.4, 0.5) is 0 Å². The smallest absolute Gasteiger partial charge is 0.254 e. The number of rotatable bonds is 6. The van der Waals surface area contributed by atoms with Crippen LogP contribution in [0.25, 0.3) is 10.8 Å². The van der Waals surface area contributed by atoms with Crippen LogP contribution in [-0.2, 0) is 17.9 Å². The molecular weight excluding hydrogens is 422 g/mol. The van der Waals surface area contributed by atoms with Gasteiger partial charge in [0.15, 0.2) is 0 Å². The predicted molar refractivity (Wildman–Crippen MR) is 135 cm³/mol. The van der Waals surface area contributed by atoms with Gasteiger partial charge in [0.2, 0.25) is 5.91 Å². The fraction of sp³-hybridized carbons (Fsp3) is 0.379. The van der Waals surface area contributed by atoms with Crippen LogP contribution in [0.15, 0.2) is 66.7 Å². The minimum absolute atomic E-state index is 0.0188. The molecule has 0 bridgehead atoms. The van der Waals surface area contributed by atoms with Crippen molar-refractivity contribution >= 4 is 22.6 Å². The summed E-state index contributed by atoms with van der Waals surface area (Å²) in [6, 6.07) is 22.2.